The SMILES string of the molecule is COc1ccc(C(O)C=Cc2ccc(O)cc2O)c(O)c1. The fraction of sp³-hybridized carbons (Fsp3) is 0.125. The molecule has 5 nitrogen and oxygen atoms in total. The van der Waals surface area contributed by atoms with Gasteiger partial charge in [-0.15, -0.1) is 0 Å². The Bertz CT molecular complexity index is 664. The standard InChI is InChI=1S/C16H16O5/c1-21-12-5-6-13(16(20)9-12)14(18)7-3-10-2-4-11(17)8-15(10)19/h2-9,14,17-20H,1H3. The summed E-state index contributed by atoms with van der Waals surface area (Å²) in [5.74, 6) is 0.264. The minimum atomic E-state index is -1.04. The van der Waals surface area contributed by atoms with E-state index in [1.165, 1.54) is 43.5 Å². The Hall–Kier alpha value is -2.66. The lowest BCUT2D eigenvalue weighted by molar-refractivity contribution is 0.224. The molecule has 1 atom stereocenters. The second-order valence-corrected chi connectivity index (χ2v) is 4.47. The van der Waals surface area contributed by atoms with Crippen LogP contribution in [0.5, 0.6) is 23.0 Å². The molecule has 0 amide bonds. The molecule has 2 rings (SSSR count). The molecule has 0 bridgehead atoms. The number of phenolic OH excluding ortho intramolecular Hbond substituents is 3. The van der Waals surface area contributed by atoms with Crippen molar-refractivity contribution in [2.45, 2.75) is 6.10 Å². The zero-order chi connectivity index (χ0) is 15.4. The lowest BCUT2D eigenvalue weighted by Gasteiger charge is -2.10. The predicted octanol–water partition coefficient (Wildman–Crippen LogP) is 2.56. The molecule has 0 aliphatic carbocycles. The van der Waals surface area contributed by atoms with Crippen LogP contribution in [0, 0.1) is 0 Å². The number of hydrogen-bond donors (Lipinski definition) is 4. The molecule has 110 valence electrons. The topological polar surface area (TPSA) is 90.2 Å². The van der Waals surface area contributed by atoms with Crippen LogP contribution in [-0.4, -0.2) is 27.5 Å². The summed E-state index contributed by atoms with van der Waals surface area (Å²) in [6, 6.07) is 8.74. The number of ether oxygens (including phenoxy) is 1. The van der Waals surface area contributed by atoms with E-state index in [1.807, 2.05) is 0 Å². The predicted molar refractivity (Wildman–Crippen MR) is 78.4 cm³/mol. The lowest BCUT2D eigenvalue weighted by Crippen LogP contribution is -1.94. The van der Waals surface area contributed by atoms with Gasteiger partial charge in [0.2, 0.25) is 0 Å². The van der Waals surface area contributed by atoms with Gasteiger partial charge in [-0.3, -0.25) is 0 Å². The smallest absolute Gasteiger partial charge is 0.126 e. The van der Waals surface area contributed by atoms with Crippen molar-refractivity contribution >= 4 is 6.08 Å². The molecule has 0 radical (unpaired) electrons. The fourth-order valence-corrected chi connectivity index (χ4v) is 1.87. The molecule has 0 spiro atoms. The van der Waals surface area contributed by atoms with Crippen LogP contribution in [-0.2, 0) is 0 Å². The molecule has 1 unspecified atom stereocenters. The van der Waals surface area contributed by atoms with Crippen molar-refractivity contribution in [2.75, 3.05) is 7.11 Å². The van der Waals surface area contributed by atoms with Crippen molar-refractivity contribution in [3.8, 4) is 23.0 Å². The van der Waals surface area contributed by atoms with Gasteiger partial charge in [-0.1, -0.05) is 12.2 Å². The fourth-order valence-electron chi connectivity index (χ4n) is 1.87. The zero-order valence-corrected chi connectivity index (χ0v) is 11.4. The number of rotatable bonds is 4. The third kappa shape index (κ3) is 3.46. The summed E-state index contributed by atoms with van der Waals surface area (Å²) in [5, 5.41) is 38.7. The Morgan fingerprint density at radius 2 is 1.76 bits per heavy atom. The molecule has 0 aliphatic heterocycles. The molecule has 0 heterocycles. The molecule has 0 aromatic heterocycles. The van der Waals surface area contributed by atoms with Gasteiger partial charge in [0.1, 0.15) is 29.1 Å². The van der Waals surface area contributed by atoms with Gasteiger partial charge in [-0.25, -0.2) is 0 Å². The molecule has 4 N–H and O–H groups in total. The summed E-state index contributed by atoms with van der Waals surface area (Å²) in [6.07, 6.45) is 1.89. The Morgan fingerprint density at radius 1 is 1.00 bits per heavy atom. The first kappa shape index (κ1) is 14.7. The third-order valence-electron chi connectivity index (χ3n) is 3.03. The molecule has 2 aromatic rings. The first-order valence-electron chi connectivity index (χ1n) is 6.26. The van der Waals surface area contributed by atoms with Crippen LogP contribution in [0.25, 0.3) is 6.08 Å². The summed E-state index contributed by atoms with van der Waals surface area (Å²) in [5.41, 5.74) is 0.769. The van der Waals surface area contributed by atoms with Crippen molar-refractivity contribution in [1.82, 2.24) is 0 Å². The van der Waals surface area contributed by atoms with Crippen LogP contribution in [0.15, 0.2) is 42.5 Å². The summed E-state index contributed by atoms with van der Waals surface area (Å²) >= 11 is 0. The van der Waals surface area contributed by atoms with Crippen molar-refractivity contribution in [1.29, 1.82) is 0 Å². The number of hydrogen-bond acceptors (Lipinski definition) is 5. The van der Waals surface area contributed by atoms with E-state index in [4.69, 9.17) is 4.74 Å². The van der Waals surface area contributed by atoms with E-state index in [1.54, 1.807) is 12.1 Å². The van der Waals surface area contributed by atoms with E-state index in [0.29, 0.717) is 16.9 Å². The number of methoxy groups -OCH3 is 1. The number of aliphatic hydroxyl groups excluding tert-OH is 1. The summed E-state index contributed by atoms with van der Waals surface area (Å²) < 4.78 is 4.97. The summed E-state index contributed by atoms with van der Waals surface area (Å²) in [7, 11) is 1.48. The maximum Gasteiger partial charge on any atom is 0.126 e. The average Bonchev–Trinajstić information content (AvgIpc) is 2.45. The van der Waals surface area contributed by atoms with Crippen molar-refractivity contribution in [3.63, 3.8) is 0 Å². The summed E-state index contributed by atoms with van der Waals surface area (Å²) in [6.45, 7) is 0. The second kappa shape index (κ2) is 6.19. The number of benzene rings is 2. The quantitative estimate of drug-likeness (QED) is 0.694. The molecule has 0 fully saturated rings. The van der Waals surface area contributed by atoms with Crippen molar-refractivity contribution in [2.24, 2.45) is 0 Å². The lowest BCUT2D eigenvalue weighted by atomic mass is 10.1. The minimum Gasteiger partial charge on any atom is -0.508 e. The van der Waals surface area contributed by atoms with E-state index >= 15 is 0 Å². The van der Waals surface area contributed by atoms with Gasteiger partial charge in [0.25, 0.3) is 0 Å². The molecular weight excluding hydrogens is 272 g/mol. The minimum absolute atomic E-state index is 0.0435. The highest BCUT2D eigenvalue weighted by molar-refractivity contribution is 5.59. The van der Waals surface area contributed by atoms with Crippen LogP contribution in [0.4, 0.5) is 0 Å². The molecule has 0 aliphatic rings. The van der Waals surface area contributed by atoms with Crippen LogP contribution in [0.3, 0.4) is 0 Å². The number of aliphatic hydroxyl groups is 1. The maximum absolute atomic E-state index is 10.1. The van der Waals surface area contributed by atoms with Gasteiger partial charge in [-0.05, 0) is 24.3 Å². The summed E-state index contributed by atoms with van der Waals surface area (Å²) in [4.78, 5) is 0. The molecule has 0 saturated heterocycles. The molecular formula is C16H16O5. The highest BCUT2D eigenvalue weighted by Crippen LogP contribution is 2.30. The average molecular weight is 288 g/mol. The molecule has 21 heavy (non-hydrogen) atoms. The first-order chi connectivity index (χ1) is 10.0. The van der Waals surface area contributed by atoms with E-state index < -0.39 is 6.10 Å². The Labute approximate surface area is 122 Å². The molecule has 2 aromatic carbocycles. The molecule has 0 saturated carbocycles. The van der Waals surface area contributed by atoms with Gasteiger partial charge in [0.15, 0.2) is 0 Å². The Kier molecular flexibility index (Phi) is 4.35. The van der Waals surface area contributed by atoms with Crippen LogP contribution < -0.4 is 4.74 Å². The number of phenols is 3. The number of aromatic hydroxyl groups is 3. The highest BCUT2D eigenvalue weighted by atomic mass is 16.5. The van der Waals surface area contributed by atoms with Crippen molar-refractivity contribution in [3.05, 3.63) is 53.6 Å². The van der Waals surface area contributed by atoms with Gasteiger partial charge in [-0.2, -0.15) is 0 Å². The second-order valence-electron chi connectivity index (χ2n) is 4.47. The van der Waals surface area contributed by atoms with E-state index in [2.05, 4.69) is 0 Å². The Morgan fingerprint density at radius 3 is 2.38 bits per heavy atom. The van der Waals surface area contributed by atoms with E-state index in [-0.39, 0.29) is 17.2 Å². The maximum atomic E-state index is 10.1. The Balaban J connectivity index is 2.20. The third-order valence-corrected chi connectivity index (χ3v) is 3.03. The van der Waals surface area contributed by atoms with Gasteiger partial charge >= 0.3 is 0 Å². The van der Waals surface area contributed by atoms with Gasteiger partial charge in [0, 0.05) is 23.3 Å². The monoisotopic (exact) mass is 288 g/mol. The van der Waals surface area contributed by atoms with Gasteiger partial charge in [0.05, 0.1) is 7.11 Å². The van der Waals surface area contributed by atoms with Crippen LogP contribution in [0.1, 0.15) is 17.2 Å². The van der Waals surface area contributed by atoms with Crippen LogP contribution >= 0.6 is 0 Å². The zero-order valence-electron chi connectivity index (χ0n) is 11.4. The largest absolute Gasteiger partial charge is 0.508 e. The normalized spacial score (nSPS) is 12.5. The highest BCUT2D eigenvalue weighted by Gasteiger charge is 2.10. The first-order valence-corrected chi connectivity index (χ1v) is 6.26. The van der Waals surface area contributed by atoms with Gasteiger partial charge < -0.3 is 25.2 Å². The van der Waals surface area contributed by atoms with E-state index in [9.17, 15) is 20.4 Å². The van der Waals surface area contributed by atoms with E-state index in [0.717, 1.165) is 0 Å². The molecule has 5 heteroatoms. The van der Waals surface area contributed by atoms with Crippen molar-refractivity contribution < 1.29 is 25.2 Å². The van der Waals surface area contributed by atoms with Crippen LogP contribution in [0.2, 0.25) is 0 Å².